The number of Topliss-reactive ketones (excluding diaryl/α,β-unsaturated/α-hetero) is 1. The maximum atomic E-state index is 12.0. The van der Waals surface area contributed by atoms with Gasteiger partial charge in [-0.15, -0.1) is 0 Å². The molecule has 0 aliphatic rings. The molecule has 1 aromatic rings. The molecule has 32 heavy (non-hydrogen) atoms. The summed E-state index contributed by atoms with van der Waals surface area (Å²) in [6.45, 7) is 2.14. The summed E-state index contributed by atoms with van der Waals surface area (Å²) in [5.74, 6) is 0.0981. The molecule has 3 heteroatoms. The molecule has 0 radical (unpaired) electrons. The van der Waals surface area contributed by atoms with Crippen LogP contribution in [0.15, 0.2) is 72.9 Å². The van der Waals surface area contributed by atoms with Gasteiger partial charge in [0.2, 0.25) is 0 Å². The fourth-order valence-corrected chi connectivity index (χ4v) is 3.24. The molecule has 0 saturated heterocycles. The van der Waals surface area contributed by atoms with Crippen LogP contribution in [-0.2, 0) is 0 Å². The lowest BCUT2D eigenvalue weighted by atomic mass is 10.1. The van der Waals surface area contributed by atoms with Crippen molar-refractivity contribution in [2.24, 2.45) is 0 Å². The molecule has 1 aromatic heterocycles. The molecule has 1 N–H and O–H groups in total. The first-order chi connectivity index (χ1) is 15.8. The Morgan fingerprint density at radius 3 is 2.00 bits per heavy atom. The van der Waals surface area contributed by atoms with E-state index in [1.165, 1.54) is 25.7 Å². The molecule has 0 saturated carbocycles. The normalized spacial score (nSPS) is 12.4. The topological polar surface area (TPSA) is 49.9 Å². The monoisotopic (exact) mass is 435 g/mol. The minimum absolute atomic E-state index is 0.0981. The van der Waals surface area contributed by atoms with Gasteiger partial charge < -0.3 is 4.98 Å². The summed E-state index contributed by atoms with van der Waals surface area (Å²) in [4.78, 5) is 25.5. The number of aromatic nitrogens is 1. The number of hydrogen-bond donors (Lipinski definition) is 1. The van der Waals surface area contributed by atoms with Crippen molar-refractivity contribution in [3.63, 3.8) is 0 Å². The molecule has 0 aliphatic heterocycles. The molecule has 0 unspecified atom stereocenters. The van der Waals surface area contributed by atoms with Crippen LogP contribution in [0.3, 0.4) is 0 Å². The average Bonchev–Trinajstić information content (AvgIpc) is 3.29. The smallest absolute Gasteiger partial charge is 0.179 e. The fraction of sp³-hybridized carbons (Fsp3) is 0.448. The van der Waals surface area contributed by atoms with E-state index in [0.29, 0.717) is 17.8 Å². The molecule has 0 fully saturated rings. The summed E-state index contributed by atoms with van der Waals surface area (Å²) in [5, 5.41) is 0. The van der Waals surface area contributed by atoms with Gasteiger partial charge >= 0.3 is 0 Å². The first-order valence-corrected chi connectivity index (χ1v) is 12.2. The van der Waals surface area contributed by atoms with Crippen molar-refractivity contribution in [1.82, 2.24) is 4.98 Å². The van der Waals surface area contributed by atoms with Gasteiger partial charge in [-0.2, -0.15) is 0 Å². The summed E-state index contributed by atoms with van der Waals surface area (Å²) >= 11 is 0. The zero-order valence-electron chi connectivity index (χ0n) is 19.8. The third-order valence-electron chi connectivity index (χ3n) is 5.10. The Morgan fingerprint density at radius 1 is 0.750 bits per heavy atom. The van der Waals surface area contributed by atoms with Gasteiger partial charge in [0.05, 0.1) is 11.4 Å². The Hall–Kier alpha value is -2.68. The lowest BCUT2D eigenvalue weighted by Crippen LogP contribution is -1.99. The van der Waals surface area contributed by atoms with Crippen LogP contribution in [0, 0.1) is 0 Å². The first-order valence-electron chi connectivity index (χ1n) is 12.2. The highest BCUT2D eigenvalue weighted by atomic mass is 16.1. The number of ketones is 1. The number of nitrogens with one attached hydrogen (secondary N) is 1. The molecule has 0 atom stereocenters. The van der Waals surface area contributed by atoms with Gasteiger partial charge in [-0.05, 0) is 57.1 Å². The Labute approximate surface area is 195 Å². The lowest BCUT2D eigenvalue weighted by Gasteiger charge is -2.01. The third-order valence-corrected chi connectivity index (χ3v) is 5.10. The number of unbranched alkanes of at least 4 members (excludes halogenated alkanes) is 6. The number of aldehydes is 1. The van der Waals surface area contributed by atoms with E-state index in [2.05, 4.69) is 72.7 Å². The van der Waals surface area contributed by atoms with E-state index in [1.807, 2.05) is 0 Å². The highest BCUT2D eigenvalue weighted by Crippen LogP contribution is 2.11. The number of hydrogen-bond acceptors (Lipinski definition) is 2. The van der Waals surface area contributed by atoms with Crippen molar-refractivity contribution in [3.8, 4) is 0 Å². The number of allylic oxidation sites excluding steroid dienone is 10. The maximum Gasteiger partial charge on any atom is 0.179 e. The van der Waals surface area contributed by atoms with Gasteiger partial charge in [0.1, 0.15) is 0 Å². The molecule has 0 aliphatic carbocycles. The van der Waals surface area contributed by atoms with Crippen LogP contribution in [0.5, 0.6) is 0 Å². The molecule has 3 nitrogen and oxygen atoms in total. The summed E-state index contributed by atoms with van der Waals surface area (Å²) in [7, 11) is 0. The van der Waals surface area contributed by atoms with Crippen molar-refractivity contribution < 1.29 is 9.59 Å². The van der Waals surface area contributed by atoms with E-state index in [-0.39, 0.29) is 5.78 Å². The van der Waals surface area contributed by atoms with Crippen LogP contribution in [0.25, 0.3) is 0 Å². The van der Waals surface area contributed by atoms with Gasteiger partial charge in [0.25, 0.3) is 0 Å². The maximum absolute atomic E-state index is 12.0. The number of carbonyl (C=O) groups is 2. The standard InChI is InChI=1S/C29H41NO2/c1-2-3-4-5-6-7-8-9-10-11-12-13-14-15-16-17-18-19-20-21-22-23-29(32)28-25-24-27(26-31)30-28/h3-6,8-9,11-12,14-15,24-26,30H,2,7,10,13,16-23H2,1H3/b4-3-,6-5-,9-8-,12-11-,15-14-. The van der Waals surface area contributed by atoms with Gasteiger partial charge in [0.15, 0.2) is 12.1 Å². The van der Waals surface area contributed by atoms with Crippen LogP contribution in [0.1, 0.15) is 105 Å². The Morgan fingerprint density at radius 2 is 1.34 bits per heavy atom. The van der Waals surface area contributed by atoms with E-state index >= 15 is 0 Å². The summed E-state index contributed by atoms with van der Waals surface area (Å²) in [6, 6.07) is 3.34. The minimum atomic E-state index is 0.0981. The molecule has 1 heterocycles. The number of H-pyrrole nitrogens is 1. The van der Waals surface area contributed by atoms with E-state index in [9.17, 15) is 9.59 Å². The summed E-state index contributed by atoms with van der Waals surface area (Å²) in [6.07, 6.45) is 35.4. The minimum Gasteiger partial charge on any atom is -0.350 e. The zero-order chi connectivity index (χ0) is 23.1. The Bertz CT molecular complexity index is 762. The second-order valence-electron chi connectivity index (χ2n) is 7.91. The van der Waals surface area contributed by atoms with Crippen LogP contribution < -0.4 is 0 Å². The van der Waals surface area contributed by atoms with Gasteiger partial charge in [-0.3, -0.25) is 9.59 Å². The average molecular weight is 436 g/mol. The van der Waals surface area contributed by atoms with Gasteiger partial charge in [-0.1, -0.05) is 93.4 Å². The highest BCUT2D eigenvalue weighted by molar-refractivity contribution is 5.95. The van der Waals surface area contributed by atoms with Crippen LogP contribution in [0.4, 0.5) is 0 Å². The first kappa shape index (κ1) is 27.4. The summed E-state index contributed by atoms with van der Waals surface area (Å²) in [5.41, 5.74) is 1.01. The number of rotatable bonds is 19. The predicted octanol–water partition coefficient (Wildman–Crippen LogP) is 8.49. The largest absolute Gasteiger partial charge is 0.350 e. The van der Waals surface area contributed by atoms with Crippen molar-refractivity contribution in [2.75, 3.05) is 0 Å². The molecular formula is C29H41NO2. The molecule has 0 spiro atoms. The second kappa shape index (κ2) is 20.2. The van der Waals surface area contributed by atoms with Crippen molar-refractivity contribution in [2.45, 2.75) is 84.0 Å². The van der Waals surface area contributed by atoms with E-state index in [4.69, 9.17) is 0 Å². The van der Waals surface area contributed by atoms with Crippen molar-refractivity contribution >= 4 is 12.1 Å². The molecule has 1 rings (SSSR count). The van der Waals surface area contributed by atoms with Crippen LogP contribution in [-0.4, -0.2) is 17.1 Å². The molecular weight excluding hydrogens is 394 g/mol. The highest BCUT2D eigenvalue weighted by Gasteiger charge is 2.07. The zero-order valence-corrected chi connectivity index (χ0v) is 19.8. The molecule has 0 aromatic carbocycles. The number of aromatic amines is 1. The van der Waals surface area contributed by atoms with E-state index in [0.717, 1.165) is 51.2 Å². The van der Waals surface area contributed by atoms with Crippen molar-refractivity contribution in [3.05, 3.63) is 84.3 Å². The second-order valence-corrected chi connectivity index (χ2v) is 7.91. The van der Waals surface area contributed by atoms with Crippen LogP contribution in [0.2, 0.25) is 0 Å². The molecule has 0 bridgehead atoms. The molecule has 0 amide bonds. The molecule has 174 valence electrons. The van der Waals surface area contributed by atoms with Gasteiger partial charge in [-0.25, -0.2) is 0 Å². The Kier molecular flexibility index (Phi) is 17.3. The Balaban J connectivity index is 1.90. The quantitative estimate of drug-likeness (QED) is 0.0778. The van der Waals surface area contributed by atoms with E-state index < -0.39 is 0 Å². The lowest BCUT2D eigenvalue weighted by molar-refractivity contribution is 0.0975. The van der Waals surface area contributed by atoms with Crippen LogP contribution >= 0.6 is 0 Å². The fourth-order valence-electron chi connectivity index (χ4n) is 3.24. The SMILES string of the molecule is CC/C=C\C=C/C/C=C\C/C=C\C/C=C\CCCCCCCCC(=O)c1ccc(C=O)[nH]1. The predicted molar refractivity (Wildman–Crippen MR) is 137 cm³/mol. The number of carbonyl (C=O) groups excluding carboxylic acids is 2. The van der Waals surface area contributed by atoms with Crippen molar-refractivity contribution in [1.29, 1.82) is 0 Å². The van der Waals surface area contributed by atoms with Gasteiger partial charge in [0, 0.05) is 6.42 Å². The van der Waals surface area contributed by atoms with E-state index in [1.54, 1.807) is 12.1 Å². The summed E-state index contributed by atoms with van der Waals surface area (Å²) < 4.78 is 0. The third kappa shape index (κ3) is 15.2.